The first-order chi connectivity index (χ1) is 8.00. The maximum absolute atomic E-state index is 11.1. The Morgan fingerprint density at radius 2 is 1.67 bits per heavy atom. The van der Waals surface area contributed by atoms with E-state index >= 15 is 0 Å². The summed E-state index contributed by atoms with van der Waals surface area (Å²) in [4.78, 5) is 22.0. The first-order valence-electron chi connectivity index (χ1n) is 4.73. The Labute approximate surface area is 125 Å². The van der Waals surface area contributed by atoms with E-state index in [0.29, 0.717) is 5.39 Å². The standard InChI is InChI=1S/C12H8O5.Na.H/c13-7-2-4-8-6(5-7)1-3-9(11(14)15)10(8)12(16)17;;/h1-5,13H,(H,14,15)(H,16,17);;/q;+1;-1. The van der Waals surface area contributed by atoms with Crippen LogP contribution in [0.15, 0.2) is 30.3 Å². The Kier molecular flexibility index (Phi) is 4.34. The summed E-state index contributed by atoms with van der Waals surface area (Å²) < 4.78 is 0. The van der Waals surface area contributed by atoms with Crippen molar-refractivity contribution < 1.29 is 55.9 Å². The van der Waals surface area contributed by atoms with Gasteiger partial charge in [-0.15, -0.1) is 0 Å². The maximum Gasteiger partial charge on any atom is 1.00 e. The van der Waals surface area contributed by atoms with Crippen LogP contribution in [-0.2, 0) is 0 Å². The Morgan fingerprint density at radius 1 is 1.00 bits per heavy atom. The fourth-order valence-corrected chi connectivity index (χ4v) is 1.73. The van der Waals surface area contributed by atoms with E-state index in [-0.39, 0.29) is 53.2 Å². The molecule has 0 radical (unpaired) electrons. The third-order valence-corrected chi connectivity index (χ3v) is 2.45. The Balaban J connectivity index is 0.00000162. The van der Waals surface area contributed by atoms with Crippen LogP contribution in [0.3, 0.4) is 0 Å². The van der Waals surface area contributed by atoms with Gasteiger partial charge >= 0.3 is 41.5 Å². The molecular formula is C12H9NaO5. The summed E-state index contributed by atoms with van der Waals surface area (Å²) in [6.45, 7) is 0. The van der Waals surface area contributed by atoms with Gasteiger partial charge < -0.3 is 16.7 Å². The van der Waals surface area contributed by atoms with Crippen molar-refractivity contribution in [3.8, 4) is 5.75 Å². The molecule has 0 atom stereocenters. The van der Waals surface area contributed by atoms with E-state index < -0.39 is 11.9 Å². The SMILES string of the molecule is O=C(O)c1ccc2cc(O)ccc2c1C(=O)O.[H-].[Na+]. The molecule has 0 aliphatic heterocycles. The minimum Gasteiger partial charge on any atom is -1.00 e. The summed E-state index contributed by atoms with van der Waals surface area (Å²) >= 11 is 0. The third-order valence-electron chi connectivity index (χ3n) is 2.45. The van der Waals surface area contributed by atoms with Crippen molar-refractivity contribution in [3.63, 3.8) is 0 Å². The van der Waals surface area contributed by atoms with Crippen LogP contribution in [0.5, 0.6) is 5.75 Å². The molecule has 6 heteroatoms. The van der Waals surface area contributed by atoms with Gasteiger partial charge in [0.15, 0.2) is 0 Å². The molecule has 0 bridgehead atoms. The van der Waals surface area contributed by atoms with Crippen molar-refractivity contribution in [1.82, 2.24) is 0 Å². The minimum atomic E-state index is -1.31. The molecule has 0 spiro atoms. The number of hydrogen-bond acceptors (Lipinski definition) is 3. The van der Waals surface area contributed by atoms with E-state index in [9.17, 15) is 14.7 Å². The minimum absolute atomic E-state index is 0. The molecule has 0 aliphatic carbocycles. The average molecular weight is 256 g/mol. The van der Waals surface area contributed by atoms with E-state index in [2.05, 4.69) is 0 Å². The summed E-state index contributed by atoms with van der Waals surface area (Å²) in [5, 5.41) is 28.0. The number of rotatable bonds is 2. The Morgan fingerprint density at radius 3 is 2.22 bits per heavy atom. The molecule has 0 unspecified atom stereocenters. The fourth-order valence-electron chi connectivity index (χ4n) is 1.73. The summed E-state index contributed by atoms with van der Waals surface area (Å²) in [5.74, 6) is -2.60. The number of carbonyl (C=O) groups is 2. The van der Waals surface area contributed by atoms with Gasteiger partial charge in [0, 0.05) is 0 Å². The van der Waals surface area contributed by atoms with Crippen molar-refractivity contribution >= 4 is 22.7 Å². The summed E-state index contributed by atoms with van der Waals surface area (Å²) in [7, 11) is 0. The zero-order valence-corrected chi connectivity index (χ0v) is 11.5. The van der Waals surface area contributed by atoms with Gasteiger partial charge in [-0.1, -0.05) is 6.07 Å². The van der Waals surface area contributed by atoms with Crippen molar-refractivity contribution in [1.29, 1.82) is 0 Å². The van der Waals surface area contributed by atoms with Crippen molar-refractivity contribution in [2.75, 3.05) is 0 Å². The monoisotopic (exact) mass is 256 g/mol. The molecule has 0 saturated heterocycles. The van der Waals surface area contributed by atoms with E-state index in [1.807, 2.05) is 0 Å². The molecule has 0 heterocycles. The van der Waals surface area contributed by atoms with Gasteiger partial charge in [0.1, 0.15) is 5.75 Å². The molecule has 0 saturated carbocycles. The third kappa shape index (κ3) is 2.48. The number of aromatic hydroxyl groups is 1. The van der Waals surface area contributed by atoms with Crippen LogP contribution in [0.1, 0.15) is 22.1 Å². The van der Waals surface area contributed by atoms with Crippen LogP contribution in [-0.4, -0.2) is 27.3 Å². The molecule has 5 nitrogen and oxygen atoms in total. The van der Waals surface area contributed by atoms with E-state index in [0.717, 1.165) is 0 Å². The van der Waals surface area contributed by atoms with Gasteiger partial charge in [-0.05, 0) is 35.0 Å². The zero-order valence-electron chi connectivity index (χ0n) is 10.5. The molecule has 18 heavy (non-hydrogen) atoms. The summed E-state index contributed by atoms with van der Waals surface area (Å²) in [6, 6.07) is 6.77. The van der Waals surface area contributed by atoms with Crippen LogP contribution in [0, 0.1) is 0 Å². The van der Waals surface area contributed by atoms with Gasteiger partial charge in [0.25, 0.3) is 0 Å². The molecule has 2 aromatic rings. The number of carboxylic acids is 2. The number of hydrogen-bond donors (Lipinski definition) is 3. The Hall–Kier alpha value is -1.56. The average Bonchev–Trinajstić information content (AvgIpc) is 2.26. The molecule has 0 fully saturated rings. The predicted molar refractivity (Wildman–Crippen MR) is 60.6 cm³/mol. The van der Waals surface area contributed by atoms with Crippen LogP contribution in [0.4, 0.5) is 0 Å². The Bertz CT molecular complexity index is 641. The first kappa shape index (κ1) is 14.5. The molecule has 0 aromatic heterocycles. The second-order valence-corrected chi connectivity index (χ2v) is 3.50. The van der Waals surface area contributed by atoms with Gasteiger partial charge in [-0.2, -0.15) is 0 Å². The first-order valence-corrected chi connectivity index (χ1v) is 4.73. The number of phenols is 1. The molecule has 0 amide bonds. The molecule has 2 rings (SSSR count). The van der Waals surface area contributed by atoms with Gasteiger partial charge in [0.2, 0.25) is 0 Å². The second-order valence-electron chi connectivity index (χ2n) is 3.50. The number of benzene rings is 2. The van der Waals surface area contributed by atoms with Gasteiger partial charge in [0.05, 0.1) is 11.1 Å². The number of fused-ring (bicyclic) bond motifs is 1. The maximum atomic E-state index is 11.1. The number of phenolic OH excluding ortho intramolecular Hbond substituents is 1. The normalized spacial score (nSPS) is 9.78. The molecule has 2 aromatic carbocycles. The van der Waals surface area contributed by atoms with Gasteiger partial charge in [-0.3, -0.25) is 0 Å². The van der Waals surface area contributed by atoms with Crippen LogP contribution < -0.4 is 29.6 Å². The van der Waals surface area contributed by atoms with Gasteiger partial charge in [-0.25, -0.2) is 9.59 Å². The quantitative estimate of drug-likeness (QED) is 0.603. The largest absolute Gasteiger partial charge is 1.00 e. The van der Waals surface area contributed by atoms with E-state index in [1.54, 1.807) is 0 Å². The molecule has 88 valence electrons. The smallest absolute Gasteiger partial charge is 1.00 e. The van der Waals surface area contributed by atoms with Crippen LogP contribution in [0.25, 0.3) is 10.8 Å². The summed E-state index contributed by atoms with van der Waals surface area (Å²) in [6.07, 6.45) is 0. The van der Waals surface area contributed by atoms with Crippen molar-refractivity contribution in [2.24, 2.45) is 0 Å². The molecule has 3 N–H and O–H groups in total. The van der Waals surface area contributed by atoms with Crippen molar-refractivity contribution in [2.45, 2.75) is 0 Å². The van der Waals surface area contributed by atoms with Crippen LogP contribution >= 0.6 is 0 Å². The second kappa shape index (κ2) is 5.39. The van der Waals surface area contributed by atoms with Crippen molar-refractivity contribution in [3.05, 3.63) is 41.5 Å². The number of carboxylic acid groups (broad SMARTS) is 2. The summed E-state index contributed by atoms with van der Waals surface area (Å²) in [5.41, 5.74) is -0.536. The molecule has 0 aliphatic rings. The fraction of sp³-hybridized carbons (Fsp3) is 0. The van der Waals surface area contributed by atoms with Crippen LogP contribution in [0.2, 0.25) is 0 Å². The zero-order chi connectivity index (χ0) is 12.6. The predicted octanol–water partition coefficient (Wildman–Crippen LogP) is -0.942. The molecular weight excluding hydrogens is 247 g/mol. The topological polar surface area (TPSA) is 94.8 Å². The number of aromatic carboxylic acids is 2. The van der Waals surface area contributed by atoms with E-state index in [1.165, 1.54) is 30.3 Å². The van der Waals surface area contributed by atoms with E-state index in [4.69, 9.17) is 10.2 Å².